The maximum Gasteiger partial charge on any atom is 0.0910 e. The molecule has 1 heterocycles. The first kappa shape index (κ1) is 9.69. The molecule has 0 spiro atoms. The Hall–Kier alpha value is 0.140. The third-order valence-corrected chi connectivity index (χ3v) is 4.43. The lowest BCUT2D eigenvalue weighted by Gasteiger charge is -2.15. The van der Waals surface area contributed by atoms with Crippen molar-refractivity contribution in [1.29, 1.82) is 0 Å². The topological polar surface area (TPSA) is 20.2 Å². The zero-order chi connectivity index (χ0) is 9.26. The molecule has 1 atom stereocenters. The third-order valence-electron chi connectivity index (χ3n) is 2.73. The van der Waals surface area contributed by atoms with E-state index in [9.17, 15) is 5.11 Å². The zero-order valence-corrected chi connectivity index (χ0v) is 9.77. The van der Waals surface area contributed by atoms with Crippen molar-refractivity contribution in [3.63, 3.8) is 0 Å². The summed E-state index contributed by atoms with van der Waals surface area (Å²) in [6.45, 7) is 0. The van der Waals surface area contributed by atoms with Crippen molar-refractivity contribution in [3.8, 4) is 0 Å². The van der Waals surface area contributed by atoms with E-state index in [-0.39, 0.29) is 6.10 Å². The largest absolute Gasteiger partial charge is 0.387 e. The summed E-state index contributed by atoms with van der Waals surface area (Å²) >= 11 is 5.07. The van der Waals surface area contributed by atoms with Crippen LogP contribution in [0.15, 0.2) is 15.9 Å². The summed E-state index contributed by atoms with van der Waals surface area (Å²) in [6, 6.07) is 4.04. The van der Waals surface area contributed by atoms with Crippen molar-refractivity contribution in [1.82, 2.24) is 0 Å². The van der Waals surface area contributed by atoms with Crippen molar-refractivity contribution < 1.29 is 5.11 Å². The molecule has 1 aromatic heterocycles. The molecule has 1 unspecified atom stereocenters. The molecule has 72 valence electrons. The van der Waals surface area contributed by atoms with Gasteiger partial charge in [0.15, 0.2) is 0 Å². The number of rotatable bonds is 2. The number of hydrogen-bond donors (Lipinski definition) is 1. The first-order valence-corrected chi connectivity index (χ1v) is 6.31. The summed E-state index contributed by atoms with van der Waals surface area (Å²) in [7, 11) is 0. The standard InChI is InChI=1S/C10H13BrOS/c11-9-6-5-8(13-9)10(12)7-3-1-2-4-7/h5-7,10,12H,1-4H2. The highest BCUT2D eigenvalue weighted by Gasteiger charge is 2.25. The lowest BCUT2D eigenvalue weighted by Crippen LogP contribution is -2.06. The Balaban J connectivity index is 2.07. The number of halogens is 1. The number of aliphatic hydroxyl groups excluding tert-OH is 1. The molecule has 1 fully saturated rings. The summed E-state index contributed by atoms with van der Waals surface area (Å²) in [4.78, 5) is 1.11. The van der Waals surface area contributed by atoms with Gasteiger partial charge < -0.3 is 5.11 Å². The van der Waals surface area contributed by atoms with Crippen LogP contribution in [0.5, 0.6) is 0 Å². The summed E-state index contributed by atoms with van der Waals surface area (Å²) < 4.78 is 1.11. The van der Waals surface area contributed by atoms with Gasteiger partial charge in [0.25, 0.3) is 0 Å². The van der Waals surface area contributed by atoms with Gasteiger partial charge >= 0.3 is 0 Å². The summed E-state index contributed by atoms with van der Waals surface area (Å²) in [5, 5.41) is 10.0. The van der Waals surface area contributed by atoms with Gasteiger partial charge in [0, 0.05) is 4.88 Å². The number of aliphatic hydroxyl groups is 1. The molecule has 0 saturated heterocycles. The van der Waals surface area contributed by atoms with E-state index < -0.39 is 0 Å². The molecule has 13 heavy (non-hydrogen) atoms. The molecule has 1 aliphatic carbocycles. The second kappa shape index (κ2) is 4.11. The van der Waals surface area contributed by atoms with Crippen LogP contribution in [0.1, 0.15) is 36.7 Å². The predicted octanol–water partition coefficient (Wildman–Crippen LogP) is 3.73. The van der Waals surface area contributed by atoms with Crippen molar-refractivity contribution in [2.45, 2.75) is 31.8 Å². The van der Waals surface area contributed by atoms with Gasteiger partial charge in [0.05, 0.1) is 9.89 Å². The van der Waals surface area contributed by atoms with E-state index in [1.54, 1.807) is 11.3 Å². The van der Waals surface area contributed by atoms with Crippen LogP contribution < -0.4 is 0 Å². The van der Waals surface area contributed by atoms with Gasteiger partial charge in [-0.05, 0) is 46.8 Å². The predicted molar refractivity (Wildman–Crippen MR) is 58.9 cm³/mol. The first-order chi connectivity index (χ1) is 6.27. The summed E-state index contributed by atoms with van der Waals surface area (Å²) in [6.07, 6.45) is 4.73. The maximum absolute atomic E-state index is 10.0. The quantitative estimate of drug-likeness (QED) is 0.859. The lowest BCUT2D eigenvalue weighted by molar-refractivity contribution is 0.115. The molecule has 0 bridgehead atoms. The smallest absolute Gasteiger partial charge is 0.0910 e. The molecular weight excluding hydrogens is 248 g/mol. The fourth-order valence-corrected chi connectivity index (χ4v) is 3.50. The van der Waals surface area contributed by atoms with Crippen LogP contribution in [0.3, 0.4) is 0 Å². The molecule has 1 aliphatic rings. The van der Waals surface area contributed by atoms with E-state index in [0.717, 1.165) is 8.66 Å². The number of hydrogen-bond acceptors (Lipinski definition) is 2. The van der Waals surface area contributed by atoms with Crippen molar-refractivity contribution in [3.05, 3.63) is 20.8 Å². The maximum atomic E-state index is 10.0. The van der Waals surface area contributed by atoms with Gasteiger partial charge in [0.2, 0.25) is 0 Å². The van der Waals surface area contributed by atoms with Crippen LogP contribution >= 0.6 is 27.3 Å². The Morgan fingerprint density at radius 3 is 2.62 bits per heavy atom. The molecule has 0 amide bonds. The van der Waals surface area contributed by atoms with E-state index in [1.165, 1.54) is 25.7 Å². The Labute approximate surface area is 90.9 Å². The molecule has 1 N–H and O–H groups in total. The molecule has 0 aliphatic heterocycles. The minimum Gasteiger partial charge on any atom is -0.387 e. The fraction of sp³-hybridized carbons (Fsp3) is 0.600. The van der Waals surface area contributed by atoms with Crippen LogP contribution in [0.25, 0.3) is 0 Å². The van der Waals surface area contributed by atoms with Crippen LogP contribution in [0, 0.1) is 5.92 Å². The highest BCUT2D eigenvalue weighted by molar-refractivity contribution is 9.11. The minimum atomic E-state index is -0.223. The molecular formula is C10H13BrOS. The average Bonchev–Trinajstić information content (AvgIpc) is 2.72. The van der Waals surface area contributed by atoms with Crippen LogP contribution in [-0.2, 0) is 0 Å². The van der Waals surface area contributed by atoms with E-state index >= 15 is 0 Å². The molecule has 2 rings (SSSR count). The van der Waals surface area contributed by atoms with E-state index in [1.807, 2.05) is 12.1 Å². The molecule has 3 heteroatoms. The normalized spacial score (nSPS) is 20.8. The van der Waals surface area contributed by atoms with Crippen LogP contribution in [0.4, 0.5) is 0 Å². The highest BCUT2D eigenvalue weighted by Crippen LogP contribution is 2.38. The average molecular weight is 261 g/mol. The minimum absolute atomic E-state index is 0.223. The molecule has 1 nitrogen and oxygen atoms in total. The lowest BCUT2D eigenvalue weighted by atomic mass is 10.00. The summed E-state index contributed by atoms with van der Waals surface area (Å²) in [5.41, 5.74) is 0. The Morgan fingerprint density at radius 2 is 2.08 bits per heavy atom. The number of thiophene rings is 1. The van der Waals surface area contributed by atoms with Crippen molar-refractivity contribution in [2.24, 2.45) is 5.92 Å². The van der Waals surface area contributed by atoms with Gasteiger partial charge in [-0.15, -0.1) is 11.3 Å². The van der Waals surface area contributed by atoms with Gasteiger partial charge in [-0.2, -0.15) is 0 Å². The molecule has 0 radical (unpaired) electrons. The van der Waals surface area contributed by atoms with Crippen LogP contribution in [0.2, 0.25) is 0 Å². The second-order valence-corrected chi connectivity index (χ2v) is 6.13. The molecule has 1 saturated carbocycles. The fourth-order valence-electron chi connectivity index (χ4n) is 1.99. The first-order valence-electron chi connectivity index (χ1n) is 4.70. The van der Waals surface area contributed by atoms with Gasteiger partial charge in [-0.1, -0.05) is 12.8 Å². The SMILES string of the molecule is OC(c1ccc(Br)s1)C1CCCC1. The van der Waals surface area contributed by atoms with Gasteiger partial charge in [0.1, 0.15) is 0 Å². The molecule has 0 aromatic carbocycles. The Morgan fingerprint density at radius 1 is 1.38 bits per heavy atom. The summed E-state index contributed by atoms with van der Waals surface area (Å²) in [5.74, 6) is 0.505. The van der Waals surface area contributed by atoms with E-state index in [0.29, 0.717) is 5.92 Å². The highest BCUT2D eigenvalue weighted by atomic mass is 79.9. The van der Waals surface area contributed by atoms with E-state index in [2.05, 4.69) is 15.9 Å². The third kappa shape index (κ3) is 2.14. The van der Waals surface area contributed by atoms with Gasteiger partial charge in [-0.25, -0.2) is 0 Å². The van der Waals surface area contributed by atoms with Gasteiger partial charge in [-0.3, -0.25) is 0 Å². The second-order valence-electron chi connectivity index (χ2n) is 3.63. The van der Waals surface area contributed by atoms with Crippen molar-refractivity contribution >= 4 is 27.3 Å². The Kier molecular flexibility index (Phi) is 3.06. The van der Waals surface area contributed by atoms with E-state index in [4.69, 9.17) is 0 Å². The monoisotopic (exact) mass is 260 g/mol. The zero-order valence-electron chi connectivity index (χ0n) is 7.37. The van der Waals surface area contributed by atoms with Crippen molar-refractivity contribution in [2.75, 3.05) is 0 Å². The van der Waals surface area contributed by atoms with Crippen LogP contribution in [-0.4, -0.2) is 5.11 Å². The molecule has 1 aromatic rings. The Bertz CT molecular complexity index is 278.